The Morgan fingerprint density at radius 1 is 0.164 bits per heavy atom. The van der Waals surface area contributed by atoms with Gasteiger partial charge in [-0.2, -0.15) is 0 Å². The minimum absolute atomic E-state index is 0.901. The van der Waals surface area contributed by atoms with Crippen LogP contribution in [0.1, 0.15) is 288 Å². The summed E-state index contributed by atoms with van der Waals surface area (Å²) in [7, 11) is 0. The van der Waals surface area contributed by atoms with Gasteiger partial charge in [0.15, 0.2) is 0 Å². The first-order valence-electron chi connectivity index (χ1n) is 31.2. The van der Waals surface area contributed by atoms with E-state index < -0.39 is 0 Å². The Bertz CT molecular complexity index is 1070. The summed E-state index contributed by atoms with van der Waals surface area (Å²) in [5.41, 5.74) is 0. The van der Waals surface area contributed by atoms with Crippen molar-refractivity contribution in [3.63, 3.8) is 0 Å². The maximum absolute atomic E-state index is 2.39. The van der Waals surface area contributed by atoms with Crippen LogP contribution in [0.3, 0.4) is 0 Å². The van der Waals surface area contributed by atoms with Gasteiger partial charge in [0, 0.05) is 0 Å². The molecule has 0 aromatic rings. The van der Waals surface area contributed by atoms with E-state index in [0.717, 1.165) is 142 Å². The van der Waals surface area contributed by atoms with E-state index in [1.807, 2.05) is 0 Å². The van der Waals surface area contributed by atoms with Gasteiger partial charge < -0.3 is 0 Å². The molecule has 10 unspecified atom stereocenters. The molecule has 6 fully saturated rings. The first-order chi connectivity index (χ1) is 31.2. The third kappa shape index (κ3) is 25.0. The van der Waals surface area contributed by atoms with Gasteiger partial charge in [0.1, 0.15) is 0 Å². The summed E-state index contributed by atoms with van der Waals surface area (Å²) in [5.74, 6) is 23.3. The highest BCUT2D eigenvalue weighted by atomic mass is 14.5. The normalized spacial score (nSPS) is 32.1. The van der Waals surface area contributed by atoms with E-state index in [4.69, 9.17) is 0 Å². The SMILES string of the molecule is CC(C)C1CC1C(C)C.CC(C)C1CCC(C(C)C)C1.CC(C)C1CCC(C(C)C)CC1.CC(C)C1CCCC(C(C)C)C1.CC(C)C1CCCC1C(C)C.CC(C)C1CCCCC1C(C)C. The molecule has 0 aromatic heterocycles. The standard InChI is InChI=1S/3C12H24.2C11H22.C9H18/c1-9(2)11-5-7-12(8-6-11)10(3)4;1-9(2)11-6-5-7-12(8-11)10(3)4;1-9(2)11-7-5-6-8-12(11)10(3)4;1-8(2)10-5-6-11(7-10)9(3)4;1-8(2)10-6-5-7-11(10)9(3)4;1-6(2)8-5-9(8)7(3)4/h3*9-12H,5-8H2,1-4H3;2*8-11H,5-7H2,1-4H3;6-9H,5H2,1-4H3. The van der Waals surface area contributed by atoms with Crippen LogP contribution in [0, 0.1) is 142 Å². The predicted molar refractivity (Wildman–Crippen MR) is 308 cm³/mol. The molecule has 0 nitrogen and oxygen atoms in total. The van der Waals surface area contributed by atoms with Crippen molar-refractivity contribution in [1.29, 1.82) is 0 Å². The van der Waals surface area contributed by atoms with E-state index >= 15 is 0 Å². The van der Waals surface area contributed by atoms with Gasteiger partial charge in [-0.05, 0) is 226 Å². The minimum atomic E-state index is 0.901. The van der Waals surface area contributed by atoms with E-state index in [0.29, 0.717) is 0 Å². The number of hydrogen-bond donors (Lipinski definition) is 0. The summed E-state index contributed by atoms with van der Waals surface area (Å²) >= 11 is 0. The zero-order chi connectivity index (χ0) is 51.3. The van der Waals surface area contributed by atoms with Gasteiger partial charge in [-0.1, -0.05) is 205 Å². The molecule has 67 heavy (non-hydrogen) atoms. The fraction of sp³-hybridized carbons (Fsp3) is 1.00. The van der Waals surface area contributed by atoms with Crippen molar-refractivity contribution >= 4 is 0 Å². The monoisotopic (exact) mass is 939 g/mol. The van der Waals surface area contributed by atoms with Gasteiger partial charge in [-0.25, -0.2) is 0 Å². The lowest BCUT2D eigenvalue weighted by molar-refractivity contribution is 0.136. The van der Waals surface area contributed by atoms with Crippen LogP contribution in [-0.2, 0) is 0 Å². The third-order valence-electron chi connectivity index (χ3n) is 20.3. The Balaban J connectivity index is 0.000000403. The second-order valence-electron chi connectivity index (χ2n) is 29.1. The highest BCUT2D eigenvalue weighted by Gasteiger charge is 2.40. The lowest BCUT2D eigenvalue weighted by Crippen LogP contribution is -2.27. The molecule has 0 radical (unpaired) electrons. The fourth-order valence-electron chi connectivity index (χ4n) is 14.5. The van der Waals surface area contributed by atoms with Crippen LogP contribution < -0.4 is 0 Å². The van der Waals surface area contributed by atoms with Gasteiger partial charge in [-0.15, -0.1) is 0 Å². The molecule has 0 spiro atoms. The van der Waals surface area contributed by atoms with Crippen LogP contribution in [0.4, 0.5) is 0 Å². The Hall–Kier alpha value is 0. The van der Waals surface area contributed by atoms with Crippen molar-refractivity contribution in [3.05, 3.63) is 0 Å². The fourth-order valence-corrected chi connectivity index (χ4v) is 14.5. The summed E-state index contributed by atoms with van der Waals surface area (Å²) in [4.78, 5) is 0. The molecule has 0 aliphatic heterocycles. The van der Waals surface area contributed by atoms with Crippen molar-refractivity contribution < 1.29 is 0 Å². The molecule has 6 rings (SSSR count). The maximum Gasteiger partial charge on any atom is -0.0357 e. The lowest BCUT2D eigenvalue weighted by atomic mass is 9.69. The van der Waals surface area contributed by atoms with Crippen LogP contribution >= 0.6 is 0 Å². The summed E-state index contributed by atoms with van der Waals surface area (Å²) in [6.45, 7) is 57.0. The number of hydrogen-bond acceptors (Lipinski definition) is 0. The summed E-state index contributed by atoms with van der Waals surface area (Å²) < 4.78 is 0. The Labute approximate surface area is 428 Å². The minimum Gasteiger partial charge on any atom is -0.0625 e. The molecule has 0 saturated heterocycles. The molecule has 6 saturated carbocycles. The molecular formula is C67H134. The molecule has 0 N–H and O–H groups in total. The van der Waals surface area contributed by atoms with Gasteiger partial charge in [-0.3, -0.25) is 0 Å². The Kier molecular flexibility index (Phi) is 32.7. The first kappa shape index (κ1) is 65.0. The van der Waals surface area contributed by atoms with Crippen LogP contribution in [0.25, 0.3) is 0 Å². The highest BCUT2D eigenvalue weighted by Crippen LogP contribution is 2.48. The van der Waals surface area contributed by atoms with Crippen LogP contribution in [0.15, 0.2) is 0 Å². The zero-order valence-corrected chi connectivity index (χ0v) is 51.3. The molecule has 0 heteroatoms. The van der Waals surface area contributed by atoms with Crippen molar-refractivity contribution in [1.82, 2.24) is 0 Å². The van der Waals surface area contributed by atoms with Crippen molar-refractivity contribution in [3.8, 4) is 0 Å². The molecule has 6 aliphatic carbocycles. The van der Waals surface area contributed by atoms with Gasteiger partial charge in [0.05, 0.1) is 0 Å². The molecule has 10 atom stereocenters. The predicted octanol–water partition coefficient (Wildman–Crippen LogP) is 22.7. The van der Waals surface area contributed by atoms with Gasteiger partial charge in [0.2, 0.25) is 0 Å². The van der Waals surface area contributed by atoms with E-state index in [9.17, 15) is 0 Å². The van der Waals surface area contributed by atoms with E-state index in [-0.39, 0.29) is 0 Å². The van der Waals surface area contributed by atoms with Gasteiger partial charge >= 0.3 is 0 Å². The lowest BCUT2D eigenvalue weighted by Gasteiger charge is -2.37. The molecule has 402 valence electrons. The van der Waals surface area contributed by atoms with E-state index in [1.165, 1.54) is 122 Å². The quantitative estimate of drug-likeness (QED) is 0.183. The molecule has 0 amide bonds. The second-order valence-corrected chi connectivity index (χ2v) is 29.1. The van der Waals surface area contributed by atoms with Crippen LogP contribution in [-0.4, -0.2) is 0 Å². The van der Waals surface area contributed by atoms with Crippen LogP contribution in [0.2, 0.25) is 0 Å². The number of rotatable bonds is 12. The molecule has 0 bridgehead atoms. The molecular weight excluding hydrogens is 805 g/mol. The average Bonchev–Trinajstić information content (AvgIpc) is 3.64. The molecule has 6 aliphatic rings. The average molecular weight is 940 g/mol. The Morgan fingerprint density at radius 2 is 0.358 bits per heavy atom. The van der Waals surface area contributed by atoms with E-state index in [1.54, 1.807) is 0 Å². The smallest absolute Gasteiger partial charge is 0.0357 e. The van der Waals surface area contributed by atoms with E-state index in [2.05, 4.69) is 166 Å². The molecule has 0 heterocycles. The highest BCUT2D eigenvalue weighted by molar-refractivity contribution is 4.90. The zero-order valence-electron chi connectivity index (χ0n) is 51.3. The topological polar surface area (TPSA) is 0 Å². The Morgan fingerprint density at radius 3 is 0.552 bits per heavy atom. The summed E-state index contributed by atoms with van der Waals surface area (Å²) in [6, 6.07) is 0. The van der Waals surface area contributed by atoms with Crippen molar-refractivity contribution in [2.24, 2.45) is 142 Å². The largest absolute Gasteiger partial charge is 0.0625 e. The maximum atomic E-state index is 2.39. The second kappa shape index (κ2) is 33.7. The van der Waals surface area contributed by atoms with Crippen LogP contribution in [0.5, 0.6) is 0 Å². The first-order valence-corrected chi connectivity index (χ1v) is 31.2. The summed E-state index contributed by atoms with van der Waals surface area (Å²) in [5, 5.41) is 0. The van der Waals surface area contributed by atoms with Crippen molar-refractivity contribution in [2.45, 2.75) is 288 Å². The van der Waals surface area contributed by atoms with Gasteiger partial charge in [0.25, 0.3) is 0 Å². The molecule has 0 aromatic carbocycles. The van der Waals surface area contributed by atoms with Crippen molar-refractivity contribution in [2.75, 3.05) is 0 Å². The summed E-state index contributed by atoms with van der Waals surface area (Å²) in [6.07, 6.45) is 28.2. The third-order valence-corrected chi connectivity index (χ3v) is 20.3.